The summed E-state index contributed by atoms with van der Waals surface area (Å²) in [7, 11) is 0. The van der Waals surface area contributed by atoms with Gasteiger partial charge in [0, 0.05) is 17.8 Å². The normalized spacial score (nSPS) is 11.8. The molecule has 0 saturated carbocycles. The molecular weight excluding hydrogens is 240 g/mol. The first kappa shape index (κ1) is 13.1. The Morgan fingerprint density at radius 3 is 2.37 bits per heavy atom. The first-order valence-corrected chi connectivity index (χ1v) is 6.03. The topological polar surface area (TPSA) is 75.3 Å². The Balaban J connectivity index is 1.94. The second kappa shape index (κ2) is 6.02. The fourth-order valence-electron chi connectivity index (χ4n) is 1.72. The maximum atomic E-state index is 11.8. The van der Waals surface area contributed by atoms with Gasteiger partial charge < -0.3 is 16.2 Å². The van der Waals surface area contributed by atoms with Gasteiger partial charge in [0.15, 0.2) is 0 Å². The zero-order valence-electron chi connectivity index (χ0n) is 10.4. The van der Waals surface area contributed by atoms with Crippen LogP contribution < -0.4 is 11.1 Å². The third-order valence-electron chi connectivity index (χ3n) is 2.75. The number of nitrogens with two attached hydrogens (primary N) is 1. The maximum Gasteiger partial charge on any atom is 0.253 e. The predicted octanol–water partition coefficient (Wildman–Crippen LogP) is 1.81. The van der Waals surface area contributed by atoms with Crippen LogP contribution in [0.1, 0.15) is 5.56 Å². The summed E-state index contributed by atoms with van der Waals surface area (Å²) in [5.41, 5.74) is 7.72. The number of aliphatic hydroxyl groups is 1. The van der Waals surface area contributed by atoms with E-state index in [0.29, 0.717) is 17.8 Å². The van der Waals surface area contributed by atoms with E-state index in [1.54, 1.807) is 24.3 Å². The molecular formula is C15H16N2O2. The highest BCUT2D eigenvalue weighted by Crippen LogP contribution is 2.11. The van der Waals surface area contributed by atoms with Crippen molar-refractivity contribution in [2.75, 3.05) is 11.1 Å². The molecule has 1 amide bonds. The summed E-state index contributed by atoms with van der Waals surface area (Å²) < 4.78 is 0. The number of rotatable bonds is 4. The molecule has 0 heterocycles. The average Bonchev–Trinajstić information content (AvgIpc) is 2.42. The summed E-state index contributed by atoms with van der Waals surface area (Å²) in [6.45, 7) is 0. The molecule has 0 radical (unpaired) electrons. The summed E-state index contributed by atoms with van der Waals surface area (Å²) in [6.07, 6.45) is -0.776. The van der Waals surface area contributed by atoms with Gasteiger partial charge in [0.25, 0.3) is 5.91 Å². The first-order valence-electron chi connectivity index (χ1n) is 6.03. The lowest BCUT2D eigenvalue weighted by atomic mass is 10.1. The van der Waals surface area contributed by atoms with Crippen molar-refractivity contribution < 1.29 is 9.90 Å². The highest BCUT2D eigenvalue weighted by molar-refractivity contribution is 5.94. The van der Waals surface area contributed by atoms with Gasteiger partial charge in [-0.25, -0.2) is 0 Å². The van der Waals surface area contributed by atoms with E-state index in [4.69, 9.17) is 5.73 Å². The third-order valence-corrected chi connectivity index (χ3v) is 2.75. The van der Waals surface area contributed by atoms with Gasteiger partial charge in [-0.1, -0.05) is 30.3 Å². The molecule has 2 aromatic carbocycles. The van der Waals surface area contributed by atoms with Crippen LogP contribution in [0.4, 0.5) is 11.4 Å². The van der Waals surface area contributed by atoms with Crippen LogP contribution in [0.25, 0.3) is 0 Å². The number of carbonyl (C=O) groups is 1. The number of benzene rings is 2. The first-order chi connectivity index (χ1) is 9.15. The lowest BCUT2D eigenvalue weighted by Gasteiger charge is -2.11. The Kier molecular flexibility index (Phi) is 4.15. The van der Waals surface area contributed by atoms with Gasteiger partial charge in [0.05, 0.1) is 0 Å². The van der Waals surface area contributed by atoms with Crippen molar-refractivity contribution in [2.45, 2.75) is 12.5 Å². The van der Waals surface area contributed by atoms with Crippen molar-refractivity contribution in [3.05, 3.63) is 60.2 Å². The Hall–Kier alpha value is -2.33. The van der Waals surface area contributed by atoms with Crippen LogP contribution in [0.15, 0.2) is 54.6 Å². The largest absolute Gasteiger partial charge is 0.399 e. The van der Waals surface area contributed by atoms with Crippen LogP contribution in [0.3, 0.4) is 0 Å². The number of aliphatic hydroxyl groups excluding tert-OH is 1. The SMILES string of the molecule is Nc1ccc(NC(=O)C(O)Cc2ccccc2)cc1. The van der Waals surface area contributed by atoms with E-state index in [1.165, 1.54) is 0 Å². The molecule has 1 atom stereocenters. The van der Waals surface area contributed by atoms with Crippen molar-refractivity contribution in [2.24, 2.45) is 0 Å². The lowest BCUT2D eigenvalue weighted by molar-refractivity contribution is -0.123. The fraction of sp³-hybridized carbons (Fsp3) is 0.133. The van der Waals surface area contributed by atoms with Crippen LogP contribution in [0.5, 0.6) is 0 Å². The molecule has 0 spiro atoms. The molecule has 0 aliphatic rings. The molecule has 0 aliphatic carbocycles. The molecule has 0 aromatic heterocycles. The van der Waals surface area contributed by atoms with Crippen LogP contribution in [-0.2, 0) is 11.2 Å². The van der Waals surface area contributed by atoms with E-state index in [2.05, 4.69) is 5.32 Å². The zero-order chi connectivity index (χ0) is 13.7. The standard InChI is InChI=1S/C15H16N2O2/c16-12-6-8-13(9-7-12)17-15(19)14(18)10-11-4-2-1-3-5-11/h1-9,14,18H,10,16H2,(H,17,19). The number of hydrogen-bond acceptors (Lipinski definition) is 3. The molecule has 2 rings (SSSR count). The summed E-state index contributed by atoms with van der Waals surface area (Å²) in [6, 6.07) is 16.2. The predicted molar refractivity (Wildman–Crippen MR) is 75.6 cm³/mol. The van der Waals surface area contributed by atoms with Gasteiger partial charge in [-0.05, 0) is 29.8 Å². The Labute approximate surface area is 111 Å². The molecule has 2 aromatic rings. The maximum absolute atomic E-state index is 11.8. The molecule has 98 valence electrons. The highest BCUT2D eigenvalue weighted by Gasteiger charge is 2.15. The van der Waals surface area contributed by atoms with E-state index in [-0.39, 0.29) is 0 Å². The molecule has 0 bridgehead atoms. The fourth-order valence-corrected chi connectivity index (χ4v) is 1.72. The Bertz CT molecular complexity index is 538. The van der Waals surface area contributed by atoms with Crippen molar-refractivity contribution in [3.63, 3.8) is 0 Å². The van der Waals surface area contributed by atoms with E-state index in [1.807, 2.05) is 30.3 Å². The van der Waals surface area contributed by atoms with Crippen LogP contribution >= 0.6 is 0 Å². The summed E-state index contributed by atoms with van der Waals surface area (Å²) >= 11 is 0. The van der Waals surface area contributed by atoms with E-state index in [0.717, 1.165) is 5.56 Å². The van der Waals surface area contributed by atoms with Gasteiger partial charge in [0.1, 0.15) is 6.10 Å². The van der Waals surface area contributed by atoms with Crippen LogP contribution in [-0.4, -0.2) is 17.1 Å². The number of carbonyl (C=O) groups excluding carboxylic acids is 1. The zero-order valence-corrected chi connectivity index (χ0v) is 10.4. The minimum atomic E-state index is -1.07. The molecule has 1 unspecified atom stereocenters. The average molecular weight is 256 g/mol. The van der Waals surface area contributed by atoms with Crippen molar-refractivity contribution in [3.8, 4) is 0 Å². The second-order valence-electron chi connectivity index (χ2n) is 4.32. The van der Waals surface area contributed by atoms with E-state index < -0.39 is 12.0 Å². The molecule has 4 N–H and O–H groups in total. The second-order valence-corrected chi connectivity index (χ2v) is 4.32. The molecule has 4 heteroatoms. The van der Waals surface area contributed by atoms with Crippen LogP contribution in [0.2, 0.25) is 0 Å². The number of amides is 1. The monoisotopic (exact) mass is 256 g/mol. The van der Waals surface area contributed by atoms with E-state index in [9.17, 15) is 9.90 Å². The summed E-state index contributed by atoms with van der Waals surface area (Å²) in [5.74, 6) is -0.423. The number of hydrogen-bond donors (Lipinski definition) is 3. The minimum absolute atomic E-state index is 0.293. The quantitative estimate of drug-likeness (QED) is 0.730. The number of nitrogen functional groups attached to an aromatic ring is 1. The molecule has 0 saturated heterocycles. The molecule has 19 heavy (non-hydrogen) atoms. The van der Waals surface area contributed by atoms with Crippen molar-refractivity contribution >= 4 is 17.3 Å². The van der Waals surface area contributed by atoms with Gasteiger partial charge >= 0.3 is 0 Å². The molecule has 0 aliphatic heterocycles. The number of anilines is 2. The van der Waals surface area contributed by atoms with Crippen molar-refractivity contribution in [1.29, 1.82) is 0 Å². The summed E-state index contributed by atoms with van der Waals surface area (Å²) in [5, 5.41) is 12.5. The van der Waals surface area contributed by atoms with Gasteiger partial charge in [-0.3, -0.25) is 4.79 Å². The number of nitrogens with one attached hydrogen (secondary N) is 1. The Morgan fingerprint density at radius 1 is 1.11 bits per heavy atom. The Morgan fingerprint density at radius 2 is 1.74 bits per heavy atom. The van der Waals surface area contributed by atoms with Gasteiger partial charge in [-0.2, -0.15) is 0 Å². The molecule has 0 fully saturated rings. The summed E-state index contributed by atoms with van der Waals surface area (Å²) in [4.78, 5) is 11.8. The van der Waals surface area contributed by atoms with Gasteiger partial charge in [-0.15, -0.1) is 0 Å². The smallest absolute Gasteiger partial charge is 0.253 e. The third kappa shape index (κ3) is 3.82. The molecule has 4 nitrogen and oxygen atoms in total. The van der Waals surface area contributed by atoms with Crippen LogP contribution in [0, 0.1) is 0 Å². The highest BCUT2D eigenvalue weighted by atomic mass is 16.3. The van der Waals surface area contributed by atoms with Crippen molar-refractivity contribution in [1.82, 2.24) is 0 Å². The van der Waals surface area contributed by atoms with E-state index >= 15 is 0 Å². The lowest BCUT2D eigenvalue weighted by Crippen LogP contribution is -2.29. The minimum Gasteiger partial charge on any atom is -0.399 e. The van der Waals surface area contributed by atoms with Gasteiger partial charge in [0.2, 0.25) is 0 Å².